The van der Waals surface area contributed by atoms with E-state index in [1.54, 1.807) is 0 Å². The van der Waals surface area contributed by atoms with E-state index in [2.05, 4.69) is 24.5 Å². The van der Waals surface area contributed by atoms with Gasteiger partial charge in [0.15, 0.2) is 0 Å². The zero-order chi connectivity index (χ0) is 12.3. The number of hydrogen-bond acceptors (Lipinski definition) is 2. The molecule has 4 heteroatoms. The van der Waals surface area contributed by atoms with E-state index in [0.29, 0.717) is 23.9 Å². The third kappa shape index (κ3) is 4.13. The quantitative estimate of drug-likeness (QED) is 0.812. The van der Waals surface area contributed by atoms with Crippen molar-refractivity contribution in [3.63, 3.8) is 0 Å². The second kappa shape index (κ2) is 7.34. The van der Waals surface area contributed by atoms with Crippen LogP contribution in [0, 0.1) is 11.8 Å². The number of piperidine rings is 1. The van der Waals surface area contributed by atoms with E-state index in [1.807, 2.05) is 0 Å². The number of rotatable bonds is 2. The molecule has 1 heterocycles. The molecule has 1 amide bonds. The molecule has 106 valence electrons. The molecule has 2 fully saturated rings. The Bertz CT molecular complexity index is 273. The Kier molecular flexibility index (Phi) is 6.44. The molecule has 18 heavy (non-hydrogen) atoms. The first-order valence-corrected chi connectivity index (χ1v) is 7.20. The summed E-state index contributed by atoms with van der Waals surface area (Å²) < 4.78 is 0. The van der Waals surface area contributed by atoms with Gasteiger partial charge in [-0.05, 0) is 45.1 Å². The van der Waals surface area contributed by atoms with Gasteiger partial charge in [-0.1, -0.05) is 19.8 Å². The molecular weight excluding hydrogens is 248 g/mol. The Hall–Kier alpha value is -0.280. The van der Waals surface area contributed by atoms with E-state index in [9.17, 15) is 4.79 Å². The summed E-state index contributed by atoms with van der Waals surface area (Å²) in [4.78, 5) is 12.2. The summed E-state index contributed by atoms with van der Waals surface area (Å²) in [6, 6.07) is 0.921. The standard InChI is InChI=1S/C14H26N2O.ClH/c1-10-5-3-4-6-13(10)16-14(17)12-7-8-15-11(2)9-12;/h10-13,15H,3-9H2,1-2H3,(H,16,17);1H/t10?,11-,12-,13?;/m0./s1. The van der Waals surface area contributed by atoms with Gasteiger partial charge in [0.1, 0.15) is 0 Å². The molecule has 1 aliphatic carbocycles. The summed E-state index contributed by atoms with van der Waals surface area (Å²) in [6.45, 7) is 5.43. The van der Waals surface area contributed by atoms with Gasteiger partial charge in [-0.25, -0.2) is 0 Å². The average molecular weight is 275 g/mol. The Morgan fingerprint density at radius 1 is 1.17 bits per heavy atom. The van der Waals surface area contributed by atoms with Gasteiger partial charge >= 0.3 is 0 Å². The second-order valence-corrected chi connectivity index (χ2v) is 5.95. The van der Waals surface area contributed by atoms with Crippen LogP contribution in [-0.4, -0.2) is 24.5 Å². The number of hydrogen-bond donors (Lipinski definition) is 2. The van der Waals surface area contributed by atoms with Gasteiger partial charge < -0.3 is 10.6 Å². The van der Waals surface area contributed by atoms with Crippen molar-refractivity contribution < 1.29 is 4.79 Å². The van der Waals surface area contributed by atoms with Crippen LogP contribution in [0.15, 0.2) is 0 Å². The van der Waals surface area contributed by atoms with Crippen molar-refractivity contribution in [2.24, 2.45) is 11.8 Å². The SMILES string of the molecule is CC1CCCCC1NC(=O)[C@H]1CCN[C@@H](C)C1.Cl. The van der Waals surface area contributed by atoms with Gasteiger partial charge in [0.05, 0.1) is 0 Å². The Balaban J connectivity index is 0.00000162. The zero-order valence-electron chi connectivity index (χ0n) is 11.6. The van der Waals surface area contributed by atoms with Crippen LogP contribution in [0.4, 0.5) is 0 Å². The molecule has 2 rings (SSSR count). The molecule has 2 N–H and O–H groups in total. The highest BCUT2D eigenvalue weighted by Crippen LogP contribution is 2.25. The molecule has 0 radical (unpaired) electrons. The van der Waals surface area contributed by atoms with Crippen molar-refractivity contribution in [1.82, 2.24) is 10.6 Å². The maximum Gasteiger partial charge on any atom is 0.223 e. The fourth-order valence-corrected chi connectivity index (χ4v) is 3.20. The average Bonchev–Trinajstić information content (AvgIpc) is 2.32. The predicted octanol–water partition coefficient (Wildman–Crippen LogP) is 2.49. The molecule has 0 bridgehead atoms. The normalized spacial score (nSPS) is 36.6. The van der Waals surface area contributed by atoms with Crippen LogP contribution < -0.4 is 10.6 Å². The lowest BCUT2D eigenvalue weighted by Gasteiger charge is -2.33. The smallest absolute Gasteiger partial charge is 0.223 e. The fraction of sp³-hybridized carbons (Fsp3) is 0.929. The lowest BCUT2D eigenvalue weighted by atomic mass is 9.85. The second-order valence-electron chi connectivity index (χ2n) is 5.95. The van der Waals surface area contributed by atoms with Gasteiger partial charge in [-0.3, -0.25) is 4.79 Å². The molecule has 1 aliphatic heterocycles. The van der Waals surface area contributed by atoms with Crippen LogP contribution in [0.1, 0.15) is 52.4 Å². The number of amides is 1. The van der Waals surface area contributed by atoms with Gasteiger partial charge in [0.25, 0.3) is 0 Å². The minimum Gasteiger partial charge on any atom is -0.353 e. The van der Waals surface area contributed by atoms with E-state index in [1.165, 1.54) is 25.7 Å². The highest BCUT2D eigenvalue weighted by molar-refractivity contribution is 5.85. The van der Waals surface area contributed by atoms with Crippen LogP contribution >= 0.6 is 12.4 Å². The van der Waals surface area contributed by atoms with E-state index in [4.69, 9.17) is 0 Å². The van der Waals surface area contributed by atoms with Crippen LogP contribution in [0.3, 0.4) is 0 Å². The molecular formula is C14H27ClN2O. The molecule has 1 saturated carbocycles. The van der Waals surface area contributed by atoms with Crippen molar-refractivity contribution in [2.75, 3.05) is 6.54 Å². The number of carbonyl (C=O) groups is 1. The summed E-state index contributed by atoms with van der Waals surface area (Å²) in [7, 11) is 0. The van der Waals surface area contributed by atoms with E-state index >= 15 is 0 Å². The zero-order valence-corrected chi connectivity index (χ0v) is 12.4. The molecule has 2 unspecified atom stereocenters. The van der Waals surface area contributed by atoms with Crippen LogP contribution in [0.25, 0.3) is 0 Å². The predicted molar refractivity (Wildman–Crippen MR) is 77.0 cm³/mol. The molecule has 1 saturated heterocycles. The van der Waals surface area contributed by atoms with Crippen molar-refractivity contribution in [1.29, 1.82) is 0 Å². The van der Waals surface area contributed by atoms with Crippen molar-refractivity contribution in [3.8, 4) is 0 Å². The van der Waals surface area contributed by atoms with Gasteiger partial charge in [-0.15, -0.1) is 12.4 Å². The van der Waals surface area contributed by atoms with Gasteiger partial charge in [-0.2, -0.15) is 0 Å². The van der Waals surface area contributed by atoms with Crippen LogP contribution in [-0.2, 0) is 4.79 Å². The minimum atomic E-state index is 0. The molecule has 0 aromatic carbocycles. The summed E-state index contributed by atoms with van der Waals surface area (Å²) >= 11 is 0. The first-order valence-electron chi connectivity index (χ1n) is 7.20. The Labute approximate surface area is 117 Å². The minimum absolute atomic E-state index is 0. The van der Waals surface area contributed by atoms with E-state index in [0.717, 1.165) is 19.4 Å². The number of halogens is 1. The summed E-state index contributed by atoms with van der Waals surface area (Å²) in [5.74, 6) is 1.20. The fourth-order valence-electron chi connectivity index (χ4n) is 3.20. The van der Waals surface area contributed by atoms with E-state index < -0.39 is 0 Å². The molecule has 2 aliphatic rings. The largest absolute Gasteiger partial charge is 0.353 e. The molecule has 3 nitrogen and oxygen atoms in total. The molecule has 0 aromatic rings. The summed E-state index contributed by atoms with van der Waals surface area (Å²) in [6.07, 6.45) is 7.04. The highest BCUT2D eigenvalue weighted by Gasteiger charge is 2.28. The number of carbonyl (C=O) groups excluding carboxylic acids is 1. The maximum atomic E-state index is 12.2. The molecule has 0 aromatic heterocycles. The molecule has 4 atom stereocenters. The Morgan fingerprint density at radius 2 is 1.89 bits per heavy atom. The lowest BCUT2D eigenvalue weighted by Crippen LogP contribution is -2.47. The van der Waals surface area contributed by atoms with E-state index in [-0.39, 0.29) is 18.3 Å². The lowest BCUT2D eigenvalue weighted by molar-refractivity contribution is -0.127. The third-order valence-corrected chi connectivity index (χ3v) is 4.43. The van der Waals surface area contributed by atoms with Crippen molar-refractivity contribution in [2.45, 2.75) is 64.5 Å². The highest BCUT2D eigenvalue weighted by atomic mass is 35.5. The number of nitrogens with one attached hydrogen (secondary N) is 2. The summed E-state index contributed by atoms with van der Waals surface area (Å²) in [5.41, 5.74) is 0. The van der Waals surface area contributed by atoms with Gasteiger partial charge in [0, 0.05) is 18.0 Å². The summed E-state index contributed by atoms with van der Waals surface area (Å²) in [5, 5.41) is 6.69. The third-order valence-electron chi connectivity index (χ3n) is 4.43. The first kappa shape index (κ1) is 15.8. The van der Waals surface area contributed by atoms with Gasteiger partial charge in [0.2, 0.25) is 5.91 Å². The van der Waals surface area contributed by atoms with Crippen molar-refractivity contribution in [3.05, 3.63) is 0 Å². The van der Waals surface area contributed by atoms with Crippen molar-refractivity contribution >= 4 is 18.3 Å². The van der Waals surface area contributed by atoms with Crippen LogP contribution in [0.2, 0.25) is 0 Å². The maximum absolute atomic E-state index is 12.2. The molecule has 0 spiro atoms. The van der Waals surface area contributed by atoms with Crippen LogP contribution in [0.5, 0.6) is 0 Å². The first-order chi connectivity index (χ1) is 8.16. The monoisotopic (exact) mass is 274 g/mol. The Morgan fingerprint density at radius 3 is 2.56 bits per heavy atom. The topological polar surface area (TPSA) is 41.1 Å².